The maximum atomic E-state index is 12.7. The topological polar surface area (TPSA) is 26.3 Å². The number of fused-ring (bicyclic) bond motifs is 5. The largest absolute Gasteiger partial charge is 0.462 e. The molecule has 2 heteroatoms. The summed E-state index contributed by atoms with van der Waals surface area (Å²) in [4.78, 5) is 12.7. The molecule has 0 aromatic rings. The Hall–Kier alpha value is -1.31. The van der Waals surface area contributed by atoms with Crippen LogP contribution >= 0.6 is 0 Å². The number of carbonyl (C=O) groups is 1. The predicted molar refractivity (Wildman–Crippen MR) is 188 cm³/mol. The van der Waals surface area contributed by atoms with Crippen molar-refractivity contribution >= 4 is 5.97 Å². The molecule has 0 aliphatic heterocycles. The Morgan fingerprint density at radius 3 is 2.36 bits per heavy atom. The molecule has 9 unspecified atom stereocenters. The Bertz CT molecular complexity index is 988. The minimum Gasteiger partial charge on any atom is -0.462 e. The van der Waals surface area contributed by atoms with E-state index in [2.05, 4.69) is 78.8 Å². The van der Waals surface area contributed by atoms with Crippen LogP contribution in [-0.2, 0) is 9.53 Å². The second kappa shape index (κ2) is 16.5. The van der Waals surface area contributed by atoms with Gasteiger partial charge in [-0.1, -0.05) is 117 Å². The number of esters is 1. The lowest BCUT2D eigenvalue weighted by Gasteiger charge is -2.58. The van der Waals surface area contributed by atoms with Gasteiger partial charge in [0.25, 0.3) is 0 Å². The molecule has 4 rings (SSSR count). The first-order chi connectivity index (χ1) is 21.1. The van der Waals surface area contributed by atoms with Gasteiger partial charge in [0, 0.05) is 12.8 Å². The molecule has 0 bridgehead atoms. The smallest absolute Gasteiger partial charge is 0.306 e. The second-order valence-electron chi connectivity index (χ2n) is 16.6. The molecule has 250 valence electrons. The van der Waals surface area contributed by atoms with Crippen LogP contribution < -0.4 is 0 Å². The van der Waals surface area contributed by atoms with Crippen molar-refractivity contribution in [1.29, 1.82) is 0 Å². The normalized spacial score (nSPS) is 34.9. The number of carbonyl (C=O) groups excluding carboxylic acids is 1. The van der Waals surface area contributed by atoms with E-state index in [9.17, 15) is 4.79 Å². The second-order valence-corrected chi connectivity index (χ2v) is 16.6. The van der Waals surface area contributed by atoms with E-state index in [1.165, 1.54) is 83.5 Å². The molecule has 0 radical (unpaired) electrons. The minimum absolute atomic E-state index is 0.0446. The van der Waals surface area contributed by atoms with Crippen molar-refractivity contribution in [2.24, 2.45) is 52.3 Å². The number of hydrogen-bond donors (Lipinski definition) is 0. The average Bonchev–Trinajstić information content (AvgIpc) is 3.36. The molecule has 0 spiro atoms. The first-order valence-corrected chi connectivity index (χ1v) is 19.3. The molecule has 0 aromatic carbocycles. The quantitative estimate of drug-likeness (QED) is 0.0992. The fourth-order valence-electron chi connectivity index (χ4n) is 10.2. The van der Waals surface area contributed by atoms with Crippen molar-refractivity contribution < 1.29 is 9.53 Å². The fourth-order valence-corrected chi connectivity index (χ4v) is 10.2. The van der Waals surface area contributed by atoms with Gasteiger partial charge in [0.1, 0.15) is 6.10 Å². The minimum atomic E-state index is 0.0446. The molecule has 2 nitrogen and oxygen atoms in total. The zero-order chi connectivity index (χ0) is 31.7. The Morgan fingerprint density at radius 2 is 1.61 bits per heavy atom. The highest BCUT2D eigenvalue weighted by molar-refractivity contribution is 5.69. The highest BCUT2D eigenvalue weighted by Gasteiger charge is 2.59. The lowest BCUT2D eigenvalue weighted by Crippen LogP contribution is -2.51. The van der Waals surface area contributed by atoms with E-state index in [0.717, 1.165) is 55.3 Å². The van der Waals surface area contributed by atoms with Gasteiger partial charge in [-0.15, -0.1) is 0 Å². The standard InChI is InChI=1S/C42H70O2/c1-8-9-10-11-12-13-14-15-16-17-18-19-40(43)44-35-26-28-41(6)34(30-35)22-23-36-38-25-24-37(42(38,7)29-27-39(36)41)33(5)21-20-32(4)31(2)3/h11-12,20-22,31-33,35-39H,8-10,13-19,23-30H2,1-7H3/b12-11-,21-20+. The van der Waals surface area contributed by atoms with Gasteiger partial charge in [0.05, 0.1) is 0 Å². The summed E-state index contributed by atoms with van der Waals surface area (Å²) < 4.78 is 6.10. The summed E-state index contributed by atoms with van der Waals surface area (Å²) in [5.41, 5.74) is 2.43. The summed E-state index contributed by atoms with van der Waals surface area (Å²) in [6, 6.07) is 0. The van der Waals surface area contributed by atoms with E-state index in [1.807, 2.05) is 0 Å². The van der Waals surface area contributed by atoms with E-state index in [0.29, 0.717) is 29.1 Å². The van der Waals surface area contributed by atoms with E-state index in [-0.39, 0.29) is 12.1 Å². The monoisotopic (exact) mass is 607 g/mol. The van der Waals surface area contributed by atoms with Crippen LogP contribution in [0.2, 0.25) is 0 Å². The summed E-state index contributed by atoms with van der Waals surface area (Å²) in [6.45, 7) is 17.1. The van der Waals surface area contributed by atoms with Crippen molar-refractivity contribution in [1.82, 2.24) is 0 Å². The van der Waals surface area contributed by atoms with Gasteiger partial charge in [-0.05, 0) is 123 Å². The number of ether oxygens (including phenoxy) is 1. The van der Waals surface area contributed by atoms with Crippen LogP contribution in [0.25, 0.3) is 0 Å². The number of unbranched alkanes of at least 4 members (excludes halogenated alkanes) is 7. The molecule has 3 saturated carbocycles. The first-order valence-electron chi connectivity index (χ1n) is 19.3. The fraction of sp³-hybridized carbons (Fsp3) is 0.833. The molecule has 44 heavy (non-hydrogen) atoms. The van der Waals surface area contributed by atoms with E-state index >= 15 is 0 Å². The summed E-state index contributed by atoms with van der Waals surface area (Å²) in [5.74, 6) is 5.47. The van der Waals surface area contributed by atoms with Crippen LogP contribution in [0.4, 0.5) is 0 Å². The number of rotatable bonds is 16. The van der Waals surface area contributed by atoms with Crippen molar-refractivity contribution in [3.8, 4) is 0 Å². The SMILES string of the molecule is CCCC/C=C\CCCCCCCC(=O)OC1CCC2(C)C(=CCC3C2CCC2(C)C(C(C)/C=C/C(C)C(C)C)CCC32)C1. The van der Waals surface area contributed by atoms with Gasteiger partial charge in [-0.2, -0.15) is 0 Å². The van der Waals surface area contributed by atoms with Crippen LogP contribution in [0.15, 0.2) is 36.0 Å². The lowest BCUT2D eigenvalue weighted by atomic mass is 9.47. The molecule has 0 N–H and O–H groups in total. The van der Waals surface area contributed by atoms with Crippen LogP contribution in [0, 0.1) is 52.3 Å². The molecule has 9 atom stereocenters. The predicted octanol–water partition coefficient (Wildman–Crippen LogP) is 12.4. The Labute approximate surface area is 273 Å². The average molecular weight is 607 g/mol. The zero-order valence-corrected chi connectivity index (χ0v) is 30.0. The van der Waals surface area contributed by atoms with E-state index in [1.54, 1.807) is 5.57 Å². The molecule has 0 saturated heterocycles. The summed E-state index contributed by atoms with van der Waals surface area (Å²) in [6.07, 6.45) is 34.2. The third kappa shape index (κ3) is 8.53. The number of hydrogen-bond acceptors (Lipinski definition) is 2. The lowest BCUT2D eigenvalue weighted by molar-refractivity contribution is -0.151. The molecule has 4 aliphatic carbocycles. The highest BCUT2D eigenvalue weighted by atomic mass is 16.5. The van der Waals surface area contributed by atoms with Crippen LogP contribution in [0.1, 0.15) is 164 Å². The summed E-state index contributed by atoms with van der Waals surface area (Å²) >= 11 is 0. The molecule has 3 fully saturated rings. The Kier molecular flexibility index (Phi) is 13.3. The maximum absolute atomic E-state index is 12.7. The van der Waals surface area contributed by atoms with E-state index in [4.69, 9.17) is 4.74 Å². The van der Waals surface area contributed by atoms with E-state index < -0.39 is 0 Å². The van der Waals surface area contributed by atoms with Crippen molar-refractivity contribution in [2.75, 3.05) is 0 Å². The molecular formula is C42H70O2. The molecule has 0 aromatic heterocycles. The molecule has 4 aliphatic rings. The van der Waals surface area contributed by atoms with Gasteiger partial charge in [0.2, 0.25) is 0 Å². The van der Waals surface area contributed by atoms with Crippen LogP contribution in [0.5, 0.6) is 0 Å². The van der Waals surface area contributed by atoms with Gasteiger partial charge in [-0.25, -0.2) is 0 Å². The Morgan fingerprint density at radius 1 is 0.886 bits per heavy atom. The van der Waals surface area contributed by atoms with Gasteiger partial charge >= 0.3 is 5.97 Å². The zero-order valence-electron chi connectivity index (χ0n) is 30.0. The van der Waals surface area contributed by atoms with Gasteiger partial charge in [-0.3, -0.25) is 4.79 Å². The maximum Gasteiger partial charge on any atom is 0.306 e. The van der Waals surface area contributed by atoms with Crippen LogP contribution in [-0.4, -0.2) is 12.1 Å². The molecule has 0 amide bonds. The van der Waals surface area contributed by atoms with Crippen molar-refractivity contribution in [3.05, 3.63) is 36.0 Å². The van der Waals surface area contributed by atoms with Crippen molar-refractivity contribution in [2.45, 2.75) is 170 Å². The van der Waals surface area contributed by atoms with Gasteiger partial charge < -0.3 is 4.74 Å². The summed E-state index contributed by atoms with van der Waals surface area (Å²) in [7, 11) is 0. The van der Waals surface area contributed by atoms with Gasteiger partial charge in [0.15, 0.2) is 0 Å². The molecular weight excluding hydrogens is 536 g/mol. The van der Waals surface area contributed by atoms with Crippen LogP contribution in [0.3, 0.4) is 0 Å². The Balaban J connectivity index is 1.22. The third-order valence-electron chi connectivity index (χ3n) is 13.5. The highest BCUT2D eigenvalue weighted by Crippen LogP contribution is 2.67. The third-order valence-corrected chi connectivity index (χ3v) is 13.5. The number of allylic oxidation sites excluding steroid dienone is 5. The van der Waals surface area contributed by atoms with Crippen molar-refractivity contribution in [3.63, 3.8) is 0 Å². The molecule has 0 heterocycles. The first kappa shape index (κ1) is 35.5. The summed E-state index contributed by atoms with van der Waals surface area (Å²) in [5, 5.41) is 0.